The van der Waals surface area contributed by atoms with Gasteiger partial charge in [0.2, 0.25) is 0 Å². The molecule has 1 N–H and O–H groups in total. The van der Waals surface area contributed by atoms with Crippen LogP contribution in [-0.2, 0) is 17.6 Å². The molecule has 1 amide bonds. The summed E-state index contributed by atoms with van der Waals surface area (Å²) in [6.45, 7) is 12.0. The zero-order chi connectivity index (χ0) is 27.9. The van der Waals surface area contributed by atoms with Gasteiger partial charge in [0, 0.05) is 38.3 Å². The molecule has 0 aromatic carbocycles. The molecule has 0 aliphatic rings. The molecule has 2 aromatic heterocycles. The average molecular weight is 597 g/mol. The predicted molar refractivity (Wildman–Crippen MR) is 151 cm³/mol. The van der Waals surface area contributed by atoms with Gasteiger partial charge < -0.3 is 14.3 Å². The smallest absolute Gasteiger partial charge is 0.432 e. The third kappa shape index (κ3) is 8.64. The molecule has 2 aromatic rings. The first-order chi connectivity index (χ1) is 17.3. The van der Waals surface area contributed by atoms with E-state index in [1.165, 1.54) is 29.1 Å². The number of aliphatic imine (C=N–C) groups is 1. The number of nitrogens with zero attached hydrogens (tertiary/aromatic N) is 1. The minimum Gasteiger partial charge on any atom is -0.507 e. The fourth-order valence-corrected chi connectivity index (χ4v) is 6.39. The molecular weight excluding hydrogens is 558 g/mol. The predicted octanol–water partition coefficient (Wildman–Crippen LogP) is 7.57. The lowest BCUT2D eigenvalue weighted by Crippen LogP contribution is -2.33. The number of ketones is 1. The van der Waals surface area contributed by atoms with E-state index in [1.807, 2.05) is 20.8 Å². The molecule has 37 heavy (non-hydrogen) atoms. The number of methoxy groups -OCH3 is 1. The first-order valence-electron chi connectivity index (χ1n) is 12.6. The highest BCUT2D eigenvalue weighted by Crippen LogP contribution is 2.39. The summed E-state index contributed by atoms with van der Waals surface area (Å²) >= 11 is 5.40. The monoisotopic (exact) mass is 595 g/mol. The van der Waals surface area contributed by atoms with Gasteiger partial charge >= 0.3 is 11.7 Å². The van der Waals surface area contributed by atoms with Crippen LogP contribution in [0.25, 0.3) is 0 Å². The Labute approximate surface area is 231 Å². The molecule has 0 saturated heterocycles. The number of carbonyl (C=O) groups is 2. The van der Waals surface area contributed by atoms with Gasteiger partial charge in [0.15, 0.2) is 5.78 Å². The molecule has 0 bridgehead atoms. The molecule has 2 rings (SSSR count). The quantitative estimate of drug-likeness (QED) is 0.154. The molecular formula is C28H38BrNO6S. The minimum absolute atomic E-state index is 0.166. The molecule has 204 valence electrons. The van der Waals surface area contributed by atoms with Crippen LogP contribution in [0.2, 0.25) is 0 Å². The standard InChI is InChI=1S/C28H38BrNO6S/c1-16(2)12-23-20(29)13-19(37-23)15-28(5,6)18(4)25(32)24-21(31)14-22(36-26(24)33)17(3)10-8-9-11-30-27(34)35-7/h11,13-14,16-18,31H,8-10,12,15H2,1-7H3. The average Bonchev–Trinajstić information content (AvgIpc) is 3.14. The summed E-state index contributed by atoms with van der Waals surface area (Å²) in [5.41, 5.74) is -1.57. The summed E-state index contributed by atoms with van der Waals surface area (Å²) < 4.78 is 11.0. The molecule has 0 aliphatic carbocycles. The van der Waals surface area contributed by atoms with Crippen LogP contribution in [0.3, 0.4) is 0 Å². The number of amides is 1. The number of rotatable bonds is 12. The zero-order valence-corrected chi connectivity index (χ0v) is 25.1. The molecule has 0 saturated carbocycles. The topological polar surface area (TPSA) is 106 Å². The molecule has 0 fully saturated rings. The van der Waals surface area contributed by atoms with Crippen LogP contribution in [0, 0.1) is 17.3 Å². The van der Waals surface area contributed by atoms with Crippen LogP contribution in [-0.4, -0.2) is 30.3 Å². The van der Waals surface area contributed by atoms with E-state index in [0.29, 0.717) is 37.4 Å². The Bertz CT molecular complexity index is 1180. The Kier molecular flexibility index (Phi) is 11.3. The molecule has 0 aliphatic heterocycles. The first kappa shape index (κ1) is 31.0. The number of thiophene rings is 1. The van der Waals surface area contributed by atoms with Crippen molar-refractivity contribution in [3.8, 4) is 5.75 Å². The van der Waals surface area contributed by atoms with Crippen LogP contribution >= 0.6 is 27.3 Å². The van der Waals surface area contributed by atoms with Crippen LogP contribution in [0.15, 0.2) is 30.8 Å². The normalized spacial score (nSPS) is 13.8. The van der Waals surface area contributed by atoms with E-state index in [1.54, 1.807) is 18.3 Å². The second kappa shape index (κ2) is 13.5. The van der Waals surface area contributed by atoms with E-state index in [0.717, 1.165) is 10.9 Å². The number of Topliss-reactive ketones (excluding diaryl/α,β-unsaturated/α-hetero) is 1. The van der Waals surface area contributed by atoms with Gasteiger partial charge in [-0.2, -0.15) is 4.99 Å². The van der Waals surface area contributed by atoms with E-state index in [4.69, 9.17) is 4.42 Å². The van der Waals surface area contributed by atoms with Crippen molar-refractivity contribution in [3.63, 3.8) is 0 Å². The zero-order valence-electron chi connectivity index (χ0n) is 22.7. The van der Waals surface area contributed by atoms with Gasteiger partial charge in [-0.25, -0.2) is 9.59 Å². The molecule has 0 spiro atoms. The molecule has 2 atom stereocenters. The van der Waals surface area contributed by atoms with Gasteiger partial charge in [0.25, 0.3) is 0 Å². The lowest BCUT2D eigenvalue weighted by atomic mass is 9.73. The summed E-state index contributed by atoms with van der Waals surface area (Å²) in [7, 11) is 1.26. The Hall–Kier alpha value is -2.26. The van der Waals surface area contributed by atoms with Crippen molar-refractivity contribution in [2.45, 2.75) is 79.6 Å². The summed E-state index contributed by atoms with van der Waals surface area (Å²) in [5, 5.41) is 10.7. The summed E-state index contributed by atoms with van der Waals surface area (Å²) in [6, 6.07) is 3.49. The fraction of sp³-hybridized carbons (Fsp3) is 0.571. The maximum atomic E-state index is 13.4. The van der Waals surface area contributed by atoms with E-state index in [-0.39, 0.29) is 17.2 Å². The van der Waals surface area contributed by atoms with Gasteiger partial charge in [0.1, 0.15) is 17.1 Å². The summed E-state index contributed by atoms with van der Waals surface area (Å²) in [6.07, 6.45) is 4.37. The molecule has 7 nitrogen and oxygen atoms in total. The van der Waals surface area contributed by atoms with Crippen molar-refractivity contribution in [2.24, 2.45) is 22.2 Å². The Balaban J connectivity index is 2.12. The van der Waals surface area contributed by atoms with E-state index < -0.39 is 28.8 Å². The van der Waals surface area contributed by atoms with Crippen molar-refractivity contribution in [1.82, 2.24) is 0 Å². The fourth-order valence-electron chi connectivity index (χ4n) is 4.05. The lowest BCUT2D eigenvalue weighted by Gasteiger charge is -2.30. The SMILES string of the molecule is COC(=O)N=CCCCC(C)c1cc(O)c(C(=O)C(C)C(C)(C)Cc2cc(Br)c(CC(C)C)s2)c(=O)o1. The molecule has 2 unspecified atom stereocenters. The Morgan fingerprint density at radius 1 is 1.24 bits per heavy atom. The number of hydrogen-bond acceptors (Lipinski definition) is 7. The van der Waals surface area contributed by atoms with Crippen molar-refractivity contribution in [2.75, 3.05) is 7.11 Å². The lowest BCUT2D eigenvalue weighted by molar-refractivity contribution is 0.0812. The van der Waals surface area contributed by atoms with Crippen molar-refractivity contribution >= 4 is 45.4 Å². The number of aromatic hydroxyl groups is 1. The maximum Gasteiger partial charge on any atom is 0.432 e. The summed E-state index contributed by atoms with van der Waals surface area (Å²) in [4.78, 5) is 43.3. The van der Waals surface area contributed by atoms with E-state index in [2.05, 4.69) is 45.6 Å². The van der Waals surface area contributed by atoms with Crippen LogP contribution in [0.4, 0.5) is 4.79 Å². The van der Waals surface area contributed by atoms with Crippen molar-refractivity contribution in [1.29, 1.82) is 0 Å². The van der Waals surface area contributed by atoms with Crippen LogP contribution in [0.5, 0.6) is 5.75 Å². The number of unbranched alkanes of at least 4 members (excludes halogenated alkanes) is 1. The van der Waals surface area contributed by atoms with Crippen LogP contribution < -0.4 is 5.63 Å². The van der Waals surface area contributed by atoms with Crippen molar-refractivity contribution < 1.29 is 23.8 Å². The molecule has 0 radical (unpaired) electrons. The maximum absolute atomic E-state index is 13.4. The highest BCUT2D eigenvalue weighted by atomic mass is 79.9. The molecule has 9 heteroatoms. The second-order valence-electron chi connectivity index (χ2n) is 10.6. The molecule has 2 heterocycles. The minimum atomic E-state index is -0.820. The van der Waals surface area contributed by atoms with Gasteiger partial charge in [-0.1, -0.05) is 41.5 Å². The number of ether oxygens (including phenoxy) is 1. The third-order valence-electron chi connectivity index (χ3n) is 6.62. The van der Waals surface area contributed by atoms with Gasteiger partial charge in [-0.05, 0) is 65.4 Å². The van der Waals surface area contributed by atoms with Crippen molar-refractivity contribution in [3.05, 3.63) is 48.1 Å². The van der Waals surface area contributed by atoms with E-state index >= 15 is 0 Å². The van der Waals surface area contributed by atoms with Gasteiger partial charge in [-0.3, -0.25) is 4.79 Å². The number of halogens is 1. The largest absolute Gasteiger partial charge is 0.507 e. The number of hydrogen-bond donors (Lipinski definition) is 1. The Morgan fingerprint density at radius 2 is 1.92 bits per heavy atom. The van der Waals surface area contributed by atoms with Gasteiger partial charge in [0.05, 0.1) is 7.11 Å². The summed E-state index contributed by atoms with van der Waals surface area (Å²) in [5.74, 6) is -0.598. The highest BCUT2D eigenvalue weighted by molar-refractivity contribution is 9.10. The van der Waals surface area contributed by atoms with Gasteiger partial charge in [-0.15, -0.1) is 11.3 Å². The third-order valence-corrected chi connectivity index (χ3v) is 8.75. The Morgan fingerprint density at radius 3 is 2.51 bits per heavy atom. The van der Waals surface area contributed by atoms with E-state index in [9.17, 15) is 19.5 Å². The first-order valence-corrected chi connectivity index (χ1v) is 14.2. The number of carbonyl (C=O) groups excluding carboxylic acids is 2. The highest BCUT2D eigenvalue weighted by Gasteiger charge is 2.36. The van der Waals surface area contributed by atoms with Crippen LogP contribution in [0.1, 0.15) is 92.6 Å². The second-order valence-corrected chi connectivity index (χ2v) is 12.7.